The fourth-order valence-electron chi connectivity index (χ4n) is 5.81. The molecule has 1 aromatic carbocycles. The molecule has 0 saturated carbocycles. The third kappa shape index (κ3) is 6.14. The first-order valence-corrected chi connectivity index (χ1v) is 13.2. The zero-order chi connectivity index (χ0) is 24.1. The van der Waals surface area contributed by atoms with Crippen LogP contribution in [0.15, 0.2) is 24.3 Å². The minimum atomic E-state index is 0.398. The van der Waals surface area contributed by atoms with Gasteiger partial charge in [0, 0.05) is 42.3 Å². The predicted octanol–water partition coefficient (Wildman–Crippen LogP) is 5.85. The number of ether oxygens (including phenoxy) is 1. The molecule has 3 aliphatic rings. The molecule has 2 aromatic rings. The van der Waals surface area contributed by atoms with Gasteiger partial charge in [-0.3, -0.25) is 14.4 Å². The van der Waals surface area contributed by atoms with Crippen molar-refractivity contribution in [2.24, 2.45) is 0 Å². The summed E-state index contributed by atoms with van der Waals surface area (Å²) >= 11 is 11.5. The first-order valence-electron chi connectivity index (χ1n) is 12.5. The summed E-state index contributed by atoms with van der Waals surface area (Å²) in [5.41, 5.74) is 3.38. The number of hydrogen-bond acceptors (Lipinski definition) is 4. The molecule has 0 aliphatic carbocycles. The zero-order valence-electron chi connectivity index (χ0n) is 20.3. The summed E-state index contributed by atoms with van der Waals surface area (Å²) < 4.78 is 7.05. The second-order valence-electron chi connectivity index (χ2n) is 9.72. The van der Waals surface area contributed by atoms with Gasteiger partial charge in [-0.05, 0) is 68.9 Å². The lowest BCUT2D eigenvalue weighted by molar-refractivity contribution is -0.118. The second kappa shape index (κ2) is 11.9. The van der Waals surface area contributed by atoms with Crippen molar-refractivity contribution in [1.29, 1.82) is 0 Å². The third-order valence-electron chi connectivity index (χ3n) is 7.31. The first-order chi connectivity index (χ1) is 16.5. The number of hydrogen-bond donors (Lipinski definition) is 0. The number of piperidine rings is 2. The Hall–Kier alpha value is -1.60. The van der Waals surface area contributed by atoms with E-state index >= 15 is 0 Å². The number of aryl methyl sites for hydroxylation is 1. The van der Waals surface area contributed by atoms with Gasteiger partial charge in [-0.25, -0.2) is 0 Å². The highest BCUT2D eigenvalue weighted by Crippen LogP contribution is 2.39. The van der Waals surface area contributed by atoms with Crippen LogP contribution < -0.4 is 0 Å². The van der Waals surface area contributed by atoms with E-state index in [2.05, 4.69) is 22.6 Å². The van der Waals surface area contributed by atoms with Crippen molar-refractivity contribution in [3.05, 3.63) is 51.3 Å². The molecule has 0 spiro atoms. The van der Waals surface area contributed by atoms with E-state index in [1.54, 1.807) is 13.2 Å². The smallest absolute Gasteiger partial charge is 0.210 e. The van der Waals surface area contributed by atoms with Gasteiger partial charge < -0.3 is 9.64 Å². The monoisotopic (exact) mass is 506 g/mol. The minimum absolute atomic E-state index is 0.398. The van der Waals surface area contributed by atoms with Crippen LogP contribution in [0.3, 0.4) is 0 Å². The number of benzene rings is 1. The van der Waals surface area contributed by atoms with Crippen LogP contribution in [0.4, 0.5) is 0 Å². The van der Waals surface area contributed by atoms with Crippen molar-refractivity contribution in [2.45, 2.75) is 89.7 Å². The molecule has 6 nitrogen and oxygen atoms in total. The number of fused-ring (bicyclic) bond motifs is 3. The Kier molecular flexibility index (Phi) is 8.92. The third-order valence-corrected chi connectivity index (χ3v) is 7.75. The van der Waals surface area contributed by atoms with Crippen molar-refractivity contribution in [1.82, 2.24) is 19.6 Å². The molecule has 0 N–H and O–H groups in total. The van der Waals surface area contributed by atoms with E-state index in [1.165, 1.54) is 49.9 Å². The van der Waals surface area contributed by atoms with E-state index in [-0.39, 0.29) is 0 Å². The van der Waals surface area contributed by atoms with Crippen molar-refractivity contribution in [3.8, 4) is 0 Å². The molecule has 0 radical (unpaired) electrons. The van der Waals surface area contributed by atoms with Crippen LogP contribution in [0.25, 0.3) is 0 Å². The van der Waals surface area contributed by atoms with Gasteiger partial charge in [0.05, 0.1) is 30.6 Å². The topological polar surface area (TPSA) is 50.6 Å². The molecule has 2 fully saturated rings. The molecule has 8 heteroatoms. The van der Waals surface area contributed by atoms with Crippen molar-refractivity contribution in [3.63, 3.8) is 0 Å². The molecule has 2 saturated heterocycles. The van der Waals surface area contributed by atoms with E-state index in [0.717, 1.165) is 43.6 Å². The van der Waals surface area contributed by atoms with Crippen LogP contribution in [0.1, 0.15) is 74.9 Å². The highest BCUT2D eigenvalue weighted by molar-refractivity contribution is 6.34. The van der Waals surface area contributed by atoms with E-state index in [1.807, 2.05) is 17.0 Å². The Bertz CT molecular complexity index is 924. The number of aromatic nitrogens is 2. The highest BCUT2D eigenvalue weighted by atomic mass is 35.5. The lowest BCUT2D eigenvalue weighted by Gasteiger charge is -2.48. The molecule has 34 heavy (non-hydrogen) atoms. The van der Waals surface area contributed by atoms with Gasteiger partial charge in [-0.15, -0.1) is 0 Å². The molecular formula is C26H36Cl2N4O2. The van der Waals surface area contributed by atoms with Crippen LogP contribution in [0, 0.1) is 0 Å². The molecule has 1 amide bonds. The summed E-state index contributed by atoms with van der Waals surface area (Å²) in [6, 6.07) is 9.51. The normalized spacial score (nSPS) is 23.4. The number of halogens is 2. The summed E-state index contributed by atoms with van der Waals surface area (Å²) in [7, 11) is 1.63. The number of rotatable bonds is 5. The number of carbonyl (C=O) groups excluding carboxylic acids is 1. The standard InChI is InChI=1S/C18H28N4O.C8H8Cl2O/c1-14(22-15-5-2-6-16(22)8-3-7-15)18-11-17-12-20(13-23)9-4-10-21(17)19-18;1-11-5-6-2-7(9)4-8(10)3-6/h11,13-16H,2-10,12H2,1H3;2-4H,5H2,1H3. The molecule has 1 atom stereocenters. The molecule has 186 valence electrons. The first kappa shape index (κ1) is 25.5. The molecule has 1 aromatic heterocycles. The molecule has 4 heterocycles. The van der Waals surface area contributed by atoms with E-state index in [9.17, 15) is 4.79 Å². The summed E-state index contributed by atoms with van der Waals surface area (Å²) in [6.07, 6.45) is 10.2. The molecule has 1 unspecified atom stereocenters. The molecule has 3 aliphatic heterocycles. The Morgan fingerprint density at radius 1 is 1.03 bits per heavy atom. The van der Waals surface area contributed by atoms with Gasteiger partial charge in [-0.2, -0.15) is 5.10 Å². The lowest BCUT2D eigenvalue weighted by atomic mass is 9.83. The van der Waals surface area contributed by atoms with E-state index in [4.69, 9.17) is 33.0 Å². The average molecular weight is 508 g/mol. The van der Waals surface area contributed by atoms with Crippen LogP contribution in [0.5, 0.6) is 0 Å². The predicted molar refractivity (Wildman–Crippen MR) is 136 cm³/mol. The average Bonchev–Trinajstić information content (AvgIpc) is 3.09. The van der Waals surface area contributed by atoms with Crippen LogP contribution in [-0.2, 0) is 29.2 Å². The van der Waals surface area contributed by atoms with Crippen molar-refractivity contribution >= 4 is 29.6 Å². The molecular weight excluding hydrogens is 471 g/mol. The SMILES string of the molecule is CC(c1cc2n(n1)CCCN(C=O)C2)N1C2CCCC1CCC2.COCc1cc(Cl)cc(Cl)c1. The Morgan fingerprint density at radius 2 is 1.68 bits per heavy atom. The number of methoxy groups -OCH3 is 1. The summed E-state index contributed by atoms with van der Waals surface area (Å²) in [5, 5.41) is 6.20. The molecule has 2 bridgehead atoms. The van der Waals surface area contributed by atoms with Crippen molar-refractivity contribution < 1.29 is 9.53 Å². The largest absolute Gasteiger partial charge is 0.380 e. The number of carbonyl (C=O) groups is 1. The van der Waals surface area contributed by atoms with Gasteiger partial charge in [0.2, 0.25) is 6.41 Å². The zero-order valence-corrected chi connectivity index (χ0v) is 21.8. The van der Waals surface area contributed by atoms with Crippen LogP contribution >= 0.6 is 23.2 Å². The fourth-order valence-corrected chi connectivity index (χ4v) is 6.38. The van der Waals surface area contributed by atoms with Crippen LogP contribution in [-0.4, -0.2) is 51.7 Å². The maximum Gasteiger partial charge on any atom is 0.210 e. The van der Waals surface area contributed by atoms with E-state index < -0.39 is 0 Å². The Balaban J connectivity index is 0.000000210. The van der Waals surface area contributed by atoms with Gasteiger partial charge in [0.15, 0.2) is 0 Å². The minimum Gasteiger partial charge on any atom is -0.380 e. The Labute approximate surface area is 213 Å². The second-order valence-corrected chi connectivity index (χ2v) is 10.6. The Morgan fingerprint density at radius 3 is 2.26 bits per heavy atom. The van der Waals surface area contributed by atoms with Gasteiger partial charge in [-0.1, -0.05) is 36.0 Å². The maximum atomic E-state index is 11.1. The fraction of sp³-hybridized carbons (Fsp3) is 0.615. The maximum absolute atomic E-state index is 11.1. The number of nitrogens with zero attached hydrogens (tertiary/aromatic N) is 4. The van der Waals surface area contributed by atoms with Gasteiger partial charge in [0.1, 0.15) is 0 Å². The summed E-state index contributed by atoms with van der Waals surface area (Å²) in [4.78, 5) is 15.8. The lowest BCUT2D eigenvalue weighted by Crippen LogP contribution is -2.50. The van der Waals surface area contributed by atoms with Crippen LogP contribution in [0.2, 0.25) is 10.0 Å². The van der Waals surface area contributed by atoms with E-state index in [0.29, 0.717) is 29.2 Å². The number of amides is 1. The van der Waals surface area contributed by atoms with Crippen molar-refractivity contribution in [2.75, 3.05) is 13.7 Å². The quantitative estimate of drug-likeness (QED) is 0.477. The van der Waals surface area contributed by atoms with Gasteiger partial charge in [0.25, 0.3) is 0 Å². The van der Waals surface area contributed by atoms with Gasteiger partial charge >= 0.3 is 0 Å². The summed E-state index contributed by atoms with van der Waals surface area (Å²) in [6.45, 7) is 5.35. The highest BCUT2D eigenvalue weighted by Gasteiger charge is 2.38. The summed E-state index contributed by atoms with van der Waals surface area (Å²) in [5.74, 6) is 0. The molecule has 5 rings (SSSR count).